The summed E-state index contributed by atoms with van der Waals surface area (Å²) in [6.45, 7) is 1.76. The Morgan fingerprint density at radius 3 is 2.90 bits per heavy atom. The Labute approximate surface area is 123 Å². The molecule has 3 aromatic rings. The fourth-order valence-corrected chi connectivity index (χ4v) is 2.40. The van der Waals surface area contributed by atoms with Gasteiger partial charge < -0.3 is 9.73 Å². The summed E-state index contributed by atoms with van der Waals surface area (Å²) >= 11 is 3.43. The Balaban J connectivity index is 2.01. The molecule has 2 aromatic heterocycles. The number of pyridine rings is 1. The maximum Gasteiger partial charge on any atom is 0.259 e. The fourth-order valence-electron chi connectivity index (χ4n) is 2.04. The third kappa shape index (κ3) is 2.32. The Morgan fingerprint density at radius 2 is 2.15 bits per heavy atom. The third-order valence-electron chi connectivity index (χ3n) is 3.06. The molecular weight excluding hydrogens is 320 g/mol. The quantitative estimate of drug-likeness (QED) is 0.767. The van der Waals surface area contributed by atoms with E-state index in [1.807, 2.05) is 18.2 Å². The molecule has 0 saturated carbocycles. The molecule has 0 aliphatic carbocycles. The van der Waals surface area contributed by atoms with Crippen molar-refractivity contribution in [3.63, 3.8) is 0 Å². The zero-order valence-electron chi connectivity index (χ0n) is 10.7. The first kappa shape index (κ1) is 12.9. The number of furan rings is 1. The highest BCUT2D eigenvalue weighted by atomic mass is 79.9. The molecular formula is C15H11BrN2O2. The number of halogens is 1. The SMILES string of the molecule is Cc1occc1C(=O)Nc1ccnc2ccc(Br)cc12. The monoisotopic (exact) mass is 330 g/mol. The van der Waals surface area contributed by atoms with Crippen LogP contribution < -0.4 is 5.32 Å². The topological polar surface area (TPSA) is 55.1 Å². The summed E-state index contributed by atoms with van der Waals surface area (Å²) in [5.41, 5.74) is 2.08. The molecule has 1 amide bonds. The largest absolute Gasteiger partial charge is 0.469 e. The van der Waals surface area contributed by atoms with Crippen LogP contribution in [0.15, 0.2) is 51.7 Å². The van der Waals surface area contributed by atoms with E-state index in [9.17, 15) is 4.79 Å². The van der Waals surface area contributed by atoms with Crippen LogP contribution in [0.1, 0.15) is 16.1 Å². The molecule has 100 valence electrons. The molecule has 1 N–H and O–H groups in total. The van der Waals surface area contributed by atoms with Crippen LogP contribution in [0, 0.1) is 6.92 Å². The minimum atomic E-state index is -0.191. The van der Waals surface area contributed by atoms with Gasteiger partial charge in [0.05, 0.1) is 23.0 Å². The highest BCUT2D eigenvalue weighted by Crippen LogP contribution is 2.25. The first-order chi connectivity index (χ1) is 9.65. The van der Waals surface area contributed by atoms with Crippen LogP contribution in [-0.4, -0.2) is 10.9 Å². The maximum absolute atomic E-state index is 12.2. The molecule has 1 aromatic carbocycles. The number of aromatic nitrogens is 1. The summed E-state index contributed by atoms with van der Waals surface area (Å²) in [4.78, 5) is 16.5. The van der Waals surface area contributed by atoms with Gasteiger partial charge in [-0.05, 0) is 37.3 Å². The van der Waals surface area contributed by atoms with Gasteiger partial charge >= 0.3 is 0 Å². The molecule has 3 rings (SSSR count). The van der Waals surface area contributed by atoms with Gasteiger partial charge in [-0.1, -0.05) is 15.9 Å². The number of carbonyl (C=O) groups excluding carboxylic acids is 1. The van der Waals surface area contributed by atoms with Gasteiger partial charge in [-0.3, -0.25) is 9.78 Å². The van der Waals surface area contributed by atoms with E-state index in [-0.39, 0.29) is 5.91 Å². The fraction of sp³-hybridized carbons (Fsp3) is 0.0667. The second-order valence-corrected chi connectivity index (χ2v) is 5.28. The summed E-state index contributed by atoms with van der Waals surface area (Å²) in [7, 11) is 0. The molecule has 0 aliphatic heterocycles. The predicted molar refractivity (Wildman–Crippen MR) is 80.8 cm³/mol. The molecule has 0 unspecified atom stereocenters. The first-order valence-corrected chi connectivity index (χ1v) is 6.84. The predicted octanol–water partition coefficient (Wildman–Crippen LogP) is 4.15. The Hall–Kier alpha value is -2.14. The molecule has 20 heavy (non-hydrogen) atoms. The maximum atomic E-state index is 12.2. The standard InChI is InChI=1S/C15H11BrN2O2/c1-9-11(5-7-20-9)15(19)18-14-4-6-17-13-3-2-10(16)8-12(13)14/h2-8H,1H3,(H,17,18,19). The van der Waals surface area contributed by atoms with E-state index < -0.39 is 0 Å². The molecule has 0 bridgehead atoms. The highest BCUT2D eigenvalue weighted by molar-refractivity contribution is 9.10. The number of benzene rings is 1. The van der Waals surface area contributed by atoms with Crippen LogP contribution in [0.3, 0.4) is 0 Å². The molecule has 0 spiro atoms. The lowest BCUT2D eigenvalue weighted by molar-refractivity contribution is 0.102. The number of rotatable bonds is 2. The number of nitrogens with one attached hydrogen (secondary N) is 1. The number of carbonyl (C=O) groups is 1. The van der Waals surface area contributed by atoms with Crippen molar-refractivity contribution in [1.82, 2.24) is 4.98 Å². The van der Waals surface area contributed by atoms with Crippen molar-refractivity contribution >= 4 is 38.4 Å². The normalized spacial score (nSPS) is 10.7. The lowest BCUT2D eigenvalue weighted by atomic mass is 10.1. The Bertz CT molecular complexity index is 795. The van der Waals surface area contributed by atoms with Gasteiger partial charge in [0.25, 0.3) is 5.91 Å². The van der Waals surface area contributed by atoms with Crippen LogP contribution >= 0.6 is 15.9 Å². The Morgan fingerprint density at radius 1 is 1.30 bits per heavy atom. The summed E-state index contributed by atoms with van der Waals surface area (Å²) in [6, 6.07) is 9.19. The second kappa shape index (κ2) is 5.09. The summed E-state index contributed by atoms with van der Waals surface area (Å²) < 4.78 is 6.09. The molecule has 0 fully saturated rings. The minimum absolute atomic E-state index is 0.191. The number of nitrogens with zero attached hydrogens (tertiary/aromatic N) is 1. The minimum Gasteiger partial charge on any atom is -0.469 e. The smallest absolute Gasteiger partial charge is 0.259 e. The van der Waals surface area contributed by atoms with Crippen molar-refractivity contribution in [3.05, 3.63) is 58.6 Å². The average Bonchev–Trinajstić information content (AvgIpc) is 2.86. The average molecular weight is 331 g/mol. The molecule has 0 aliphatic rings. The van der Waals surface area contributed by atoms with Gasteiger partial charge in [0.15, 0.2) is 0 Å². The van der Waals surface area contributed by atoms with Gasteiger partial charge in [-0.2, -0.15) is 0 Å². The second-order valence-electron chi connectivity index (χ2n) is 4.36. The van der Waals surface area contributed by atoms with Crippen LogP contribution in [0.5, 0.6) is 0 Å². The third-order valence-corrected chi connectivity index (χ3v) is 3.55. The number of fused-ring (bicyclic) bond motifs is 1. The van der Waals surface area contributed by atoms with E-state index >= 15 is 0 Å². The van der Waals surface area contributed by atoms with Crippen molar-refractivity contribution in [1.29, 1.82) is 0 Å². The van der Waals surface area contributed by atoms with Crippen molar-refractivity contribution < 1.29 is 9.21 Å². The van der Waals surface area contributed by atoms with Crippen LogP contribution in [0.4, 0.5) is 5.69 Å². The zero-order valence-corrected chi connectivity index (χ0v) is 12.3. The van der Waals surface area contributed by atoms with Gasteiger partial charge in [0, 0.05) is 16.1 Å². The summed E-state index contributed by atoms with van der Waals surface area (Å²) in [5.74, 6) is 0.408. The van der Waals surface area contributed by atoms with Crippen molar-refractivity contribution in [2.45, 2.75) is 6.92 Å². The lowest BCUT2D eigenvalue weighted by Crippen LogP contribution is -2.12. The zero-order chi connectivity index (χ0) is 14.1. The number of anilines is 1. The van der Waals surface area contributed by atoms with Crippen LogP contribution in [-0.2, 0) is 0 Å². The number of hydrogen-bond donors (Lipinski definition) is 1. The summed E-state index contributed by atoms with van der Waals surface area (Å²) in [6.07, 6.45) is 3.18. The molecule has 0 radical (unpaired) electrons. The Kier molecular flexibility index (Phi) is 3.28. The van der Waals surface area contributed by atoms with Gasteiger partial charge in [0.1, 0.15) is 5.76 Å². The van der Waals surface area contributed by atoms with Crippen molar-refractivity contribution in [2.24, 2.45) is 0 Å². The number of hydrogen-bond acceptors (Lipinski definition) is 3. The van der Waals surface area contributed by atoms with E-state index in [1.54, 1.807) is 25.3 Å². The number of aryl methyl sites for hydroxylation is 1. The van der Waals surface area contributed by atoms with E-state index in [1.165, 1.54) is 6.26 Å². The van der Waals surface area contributed by atoms with Crippen molar-refractivity contribution in [3.8, 4) is 0 Å². The van der Waals surface area contributed by atoms with Crippen molar-refractivity contribution in [2.75, 3.05) is 5.32 Å². The van der Waals surface area contributed by atoms with Gasteiger partial charge in [0.2, 0.25) is 0 Å². The van der Waals surface area contributed by atoms with E-state index in [0.29, 0.717) is 11.3 Å². The lowest BCUT2D eigenvalue weighted by Gasteiger charge is -2.08. The highest BCUT2D eigenvalue weighted by Gasteiger charge is 2.13. The van der Waals surface area contributed by atoms with E-state index in [4.69, 9.17) is 4.42 Å². The van der Waals surface area contributed by atoms with Gasteiger partial charge in [-0.25, -0.2) is 0 Å². The molecule has 4 nitrogen and oxygen atoms in total. The van der Waals surface area contributed by atoms with E-state index in [2.05, 4.69) is 26.2 Å². The first-order valence-electron chi connectivity index (χ1n) is 6.05. The number of amides is 1. The van der Waals surface area contributed by atoms with Gasteiger partial charge in [-0.15, -0.1) is 0 Å². The van der Waals surface area contributed by atoms with Crippen LogP contribution in [0.2, 0.25) is 0 Å². The molecule has 0 saturated heterocycles. The molecule has 2 heterocycles. The summed E-state index contributed by atoms with van der Waals surface area (Å²) in [5, 5.41) is 3.78. The van der Waals surface area contributed by atoms with E-state index in [0.717, 1.165) is 21.1 Å². The molecule has 5 heteroatoms. The molecule has 0 atom stereocenters. The van der Waals surface area contributed by atoms with Crippen LogP contribution in [0.25, 0.3) is 10.9 Å².